The zero-order valence-corrected chi connectivity index (χ0v) is 66.7. The van der Waals surface area contributed by atoms with Crippen LogP contribution in [0.1, 0.15) is 342 Å². The van der Waals surface area contributed by atoms with Gasteiger partial charge in [0.15, 0.2) is 6.10 Å². The van der Waals surface area contributed by atoms with Gasteiger partial charge in [0.2, 0.25) is 0 Å². The maximum absolute atomic E-state index is 13.0. The van der Waals surface area contributed by atoms with Gasteiger partial charge in [0, 0.05) is 19.3 Å². The summed E-state index contributed by atoms with van der Waals surface area (Å²) in [6.07, 6.45) is 92.3. The number of phosphoric ester groups is 2. The first-order valence-corrected chi connectivity index (χ1v) is 43.8. The molecule has 0 saturated heterocycles. The fourth-order valence-electron chi connectivity index (χ4n) is 11.0. The number of unbranched alkanes of at least 4 members (excludes halogenated alkanes) is 34. The molecule has 0 spiro atoms. The van der Waals surface area contributed by atoms with E-state index in [-0.39, 0.29) is 19.3 Å². The molecule has 0 aromatic heterocycles. The van der Waals surface area contributed by atoms with Crippen molar-refractivity contribution in [2.45, 2.75) is 360 Å². The monoisotopic (exact) mass is 1490 g/mol. The molecule has 5 atom stereocenters. The fourth-order valence-corrected chi connectivity index (χ4v) is 12.6. The molecule has 4 N–H and O–H groups in total. The third-order valence-electron chi connectivity index (χ3n) is 17.2. The Hall–Kier alpha value is -4.05. The smallest absolute Gasteiger partial charge is 0.463 e. The quantitative estimate of drug-likeness (QED) is 0.0146. The van der Waals surface area contributed by atoms with Gasteiger partial charge in [0.05, 0.1) is 26.4 Å². The molecule has 0 saturated carbocycles. The summed E-state index contributed by atoms with van der Waals surface area (Å²) in [7, 11) is -9.79. The van der Waals surface area contributed by atoms with Gasteiger partial charge in [-0.25, -0.2) is 9.13 Å². The predicted molar refractivity (Wildman–Crippen MR) is 427 cm³/mol. The minimum absolute atomic E-state index is 0.105. The van der Waals surface area contributed by atoms with Gasteiger partial charge in [-0.1, -0.05) is 328 Å². The number of carbonyl (C=O) groups excluding carboxylic acids is 3. The van der Waals surface area contributed by atoms with Crippen LogP contribution in [0.5, 0.6) is 0 Å². The second-order valence-corrected chi connectivity index (χ2v) is 30.1. The molecule has 0 aromatic carbocycles. The van der Waals surface area contributed by atoms with E-state index in [1.165, 1.54) is 122 Å². The van der Waals surface area contributed by atoms with Crippen LogP contribution >= 0.6 is 15.6 Å². The van der Waals surface area contributed by atoms with E-state index in [2.05, 4.69) is 142 Å². The third kappa shape index (κ3) is 78.8. The molecule has 0 aliphatic rings. The van der Waals surface area contributed by atoms with Gasteiger partial charge in [-0.3, -0.25) is 32.5 Å². The van der Waals surface area contributed by atoms with Crippen LogP contribution in [0.4, 0.5) is 0 Å². The van der Waals surface area contributed by atoms with Crippen LogP contribution in [-0.4, -0.2) is 95.9 Å². The average Bonchev–Trinajstić information content (AvgIpc) is 0.915. The summed E-state index contributed by atoms with van der Waals surface area (Å²) in [5.41, 5.74) is 0. The summed E-state index contributed by atoms with van der Waals surface area (Å²) in [6.45, 7) is 2.56. The van der Waals surface area contributed by atoms with Gasteiger partial charge >= 0.3 is 33.6 Å². The molecule has 0 fully saturated rings. The summed E-state index contributed by atoms with van der Waals surface area (Å²) in [5, 5.41) is 20.7. The van der Waals surface area contributed by atoms with E-state index in [1.54, 1.807) is 0 Å². The zero-order chi connectivity index (χ0) is 75.2. The molecular weight excluding hydrogens is 1340 g/mol. The number of ether oxygens (including phenoxy) is 3. The average molecular weight is 1490 g/mol. The van der Waals surface area contributed by atoms with Crippen molar-refractivity contribution in [3.63, 3.8) is 0 Å². The Morgan fingerprint density at radius 3 is 0.835 bits per heavy atom. The molecule has 0 aliphatic heterocycles. The minimum atomic E-state index is -4.93. The van der Waals surface area contributed by atoms with Crippen molar-refractivity contribution in [3.05, 3.63) is 122 Å². The molecule has 16 nitrogen and oxygen atoms in total. The van der Waals surface area contributed by atoms with E-state index in [0.29, 0.717) is 19.3 Å². The molecular formula is C85H148O16P2. The van der Waals surface area contributed by atoms with E-state index < -0.39 is 91.5 Å². The van der Waals surface area contributed by atoms with Crippen LogP contribution in [-0.2, 0) is 55.8 Å². The first-order valence-electron chi connectivity index (χ1n) is 40.8. The lowest BCUT2D eigenvalue weighted by Gasteiger charge is -2.21. The second kappa shape index (κ2) is 77.6. The zero-order valence-electron chi connectivity index (χ0n) is 65.0. The van der Waals surface area contributed by atoms with Crippen LogP contribution in [0.25, 0.3) is 0 Å². The van der Waals surface area contributed by atoms with E-state index in [1.807, 2.05) is 0 Å². The molecule has 5 unspecified atom stereocenters. The molecule has 0 bridgehead atoms. The first kappa shape index (κ1) is 98.9. The highest BCUT2D eigenvalue weighted by Gasteiger charge is 2.29. The number of aliphatic hydroxyl groups is 2. The van der Waals surface area contributed by atoms with Crippen molar-refractivity contribution in [1.29, 1.82) is 0 Å². The van der Waals surface area contributed by atoms with Crippen LogP contribution in [0.2, 0.25) is 0 Å². The highest BCUT2D eigenvalue weighted by Crippen LogP contribution is 2.45. The maximum Gasteiger partial charge on any atom is 0.472 e. The van der Waals surface area contributed by atoms with Crippen molar-refractivity contribution in [2.24, 2.45) is 0 Å². The highest BCUT2D eigenvalue weighted by molar-refractivity contribution is 7.47. The minimum Gasteiger partial charge on any atom is -0.463 e. The number of esters is 3. The van der Waals surface area contributed by atoms with Crippen molar-refractivity contribution < 1.29 is 75.8 Å². The van der Waals surface area contributed by atoms with E-state index in [4.69, 9.17) is 32.3 Å². The number of hydrogen-bond acceptors (Lipinski definition) is 14. The van der Waals surface area contributed by atoms with E-state index in [0.717, 1.165) is 161 Å². The molecule has 0 radical (unpaired) electrons. The Labute approximate surface area is 627 Å². The number of allylic oxidation sites excluding steroid dienone is 20. The molecule has 0 aromatic rings. The van der Waals surface area contributed by atoms with Gasteiger partial charge in [-0.15, -0.1) is 0 Å². The molecule has 0 rings (SSSR count). The molecule has 0 heterocycles. The maximum atomic E-state index is 13.0. The Balaban J connectivity index is 4.55. The number of hydrogen-bond donors (Lipinski definition) is 4. The normalized spacial score (nSPS) is 14.6. The van der Waals surface area contributed by atoms with Gasteiger partial charge in [-0.05, 0) is 116 Å². The van der Waals surface area contributed by atoms with Crippen LogP contribution < -0.4 is 0 Å². The van der Waals surface area contributed by atoms with Crippen molar-refractivity contribution in [3.8, 4) is 0 Å². The lowest BCUT2D eigenvalue weighted by atomic mass is 10.0. The summed E-state index contributed by atoms with van der Waals surface area (Å²) in [5.74, 6) is -1.58. The molecule has 103 heavy (non-hydrogen) atoms. The van der Waals surface area contributed by atoms with E-state index in [9.17, 15) is 43.5 Å². The Kier molecular flexibility index (Phi) is 74.5. The van der Waals surface area contributed by atoms with Gasteiger partial charge in [-0.2, -0.15) is 0 Å². The van der Waals surface area contributed by atoms with Crippen LogP contribution in [0.15, 0.2) is 122 Å². The summed E-state index contributed by atoms with van der Waals surface area (Å²) >= 11 is 0. The van der Waals surface area contributed by atoms with Gasteiger partial charge in [0.25, 0.3) is 0 Å². The standard InChI is InChI=1S/C85H148O16P2/c1-4-7-10-13-16-19-22-25-28-30-32-34-36-37-38-39-40-41-43-45-46-48-51-53-56-59-62-65-68-71-83(88)95-74-80(86)75-97-102(91,92)98-76-81(87)77-99-103(93,94)100-79-82(101-85(90)73-70-67-64-61-58-55-50-27-24-21-18-15-12-9-6-3)78-96-84(89)72-69-66-63-60-57-54-52-49-47-44-42-35-33-31-29-26-23-20-17-14-11-8-5-2/h7,10,16-17,19-20,25-26,28-29,32-35,37-38,40-41,44,47,80-82,86-87H,4-6,8-9,11-15,18,21-24,27,30-31,36,39,42-43,45-46,48-79H2,1-3H3,(H,91,92)(H,93,94)/b10-7-,19-16-,20-17-,28-25-,29-26-,34-32-,35-33-,38-37-,41-40-,47-44-. The molecule has 594 valence electrons. The molecule has 0 amide bonds. The lowest BCUT2D eigenvalue weighted by Crippen LogP contribution is -2.30. The highest BCUT2D eigenvalue weighted by atomic mass is 31.2. The van der Waals surface area contributed by atoms with Crippen molar-refractivity contribution >= 4 is 33.6 Å². The van der Waals surface area contributed by atoms with Gasteiger partial charge < -0.3 is 34.2 Å². The summed E-state index contributed by atoms with van der Waals surface area (Å²) in [6, 6.07) is 0. The third-order valence-corrected chi connectivity index (χ3v) is 19.1. The van der Waals surface area contributed by atoms with E-state index >= 15 is 0 Å². The Bertz CT molecular complexity index is 2360. The molecule has 18 heteroatoms. The Morgan fingerprint density at radius 1 is 0.282 bits per heavy atom. The van der Waals surface area contributed by atoms with Crippen LogP contribution in [0.3, 0.4) is 0 Å². The van der Waals surface area contributed by atoms with Crippen molar-refractivity contribution in [2.75, 3.05) is 39.6 Å². The number of phosphoric acid groups is 2. The first-order chi connectivity index (χ1) is 50.2. The Morgan fingerprint density at radius 2 is 0.515 bits per heavy atom. The van der Waals surface area contributed by atoms with Crippen LogP contribution in [0, 0.1) is 0 Å². The number of carbonyl (C=O) groups is 3. The summed E-state index contributed by atoms with van der Waals surface area (Å²) in [4.78, 5) is 58.7. The second-order valence-electron chi connectivity index (χ2n) is 27.2. The SMILES string of the molecule is CC/C=C\C/C=C\C/C=C\C/C=C\C/C=C\C/C=C\CCCCCCCCCCCCC(=O)OCC(O)COP(=O)(O)OCC(O)COP(=O)(O)OCC(COC(=O)CCCCCCCCC/C=C\C/C=C\C/C=C\C/C=C\CCCCC)OC(=O)CCCCCCCCCCCCCCCCC. The van der Waals surface area contributed by atoms with Gasteiger partial charge in [0.1, 0.15) is 25.4 Å². The largest absolute Gasteiger partial charge is 0.472 e. The number of aliphatic hydroxyl groups excluding tert-OH is 2. The topological polar surface area (TPSA) is 231 Å². The predicted octanol–water partition coefficient (Wildman–Crippen LogP) is 24.1. The molecule has 0 aliphatic carbocycles. The summed E-state index contributed by atoms with van der Waals surface area (Å²) < 4.78 is 61.2. The number of rotatable bonds is 77. The lowest BCUT2D eigenvalue weighted by molar-refractivity contribution is -0.161. The van der Waals surface area contributed by atoms with Crippen molar-refractivity contribution in [1.82, 2.24) is 0 Å². The fraction of sp³-hybridized carbons (Fsp3) is 0.729.